The van der Waals surface area contributed by atoms with Crippen LogP contribution >= 0.6 is 12.4 Å². The first kappa shape index (κ1) is 10.7. The Labute approximate surface area is 72.6 Å². The number of aliphatic carboxylic acids is 1. The zero-order valence-electron chi connectivity index (χ0n) is 6.54. The minimum Gasteiger partial charge on any atom is -0.480 e. The lowest BCUT2D eigenvalue weighted by Crippen LogP contribution is -2.35. The molecule has 0 aliphatic carbocycles. The van der Waals surface area contributed by atoms with E-state index in [1.54, 1.807) is 0 Å². The van der Waals surface area contributed by atoms with E-state index < -0.39 is 5.97 Å². The minimum absolute atomic E-state index is 0. The quantitative estimate of drug-likeness (QED) is 0.662. The number of hydrogen-bond donors (Lipinski definition) is 2. The summed E-state index contributed by atoms with van der Waals surface area (Å²) in [5.41, 5.74) is 0. The van der Waals surface area contributed by atoms with Gasteiger partial charge in [-0.05, 0) is 18.9 Å². The molecule has 1 aliphatic rings. The summed E-state index contributed by atoms with van der Waals surface area (Å²) in [6, 6.07) is -0.287. The van der Waals surface area contributed by atoms with Gasteiger partial charge >= 0.3 is 5.97 Å². The molecule has 0 aromatic heterocycles. The van der Waals surface area contributed by atoms with Crippen molar-refractivity contribution in [2.24, 2.45) is 5.92 Å². The van der Waals surface area contributed by atoms with Gasteiger partial charge in [-0.1, -0.05) is 13.3 Å². The minimum atomic E-state index is -0.704. The van der Waals surface area contributed by atoms with Crippen LogP contribution in [0.2, 0.25) is 0 Å². The molecule has 3 nitrogen and oxygen atoms in total. The van der Waals surface area contributed by atoms with Crippen molar-refractivity contribution < 1.29 is 9.90 Å². The van der Waals surface area contributed by atoms with Crippen molar-refractivity contribution in [1.29, 1.82) is 0 Å². The summed E-state index contributed by atoms with van der Waals surface area (Å²) < 4.78 is 0. The third-order valence-electron chi connectivity index (χ3n) is 2.14. The molecule has 0 aromatic carbocycles. The zero-order chi connectivity index (χ0) is 7.56. The number of carboxylic acids is 1. The Hall–Kier alpha value is -0.280. The Kier molecular flexibility index (Phi) is 4.45. The van der Waals surface area contributed by atoms with Gasteiger partial charge in [-0.2, -0.15) is 0 Å². The molecule has 0 saturated carbocycles. The Morgan fingerprint density at radius 2 is 2.36 bits per heavy atom. The summed E-state index contributed by atoms with van der Waals surface area (Å²) in [5.74, 6) is -0.359. The molecule has 0 spiro atoms. The van der Waals surface area contributed by atoms with Crippen LogP contribution in [-0.4, -0.2) is 23.7 Å². The average Bonchev–Trinajstić information content (AvgIpc) is 2.33. The van der Waals surface area contributed by atoms with Crippen molar-refractivity contribution in [1.82, 2.24) is 5.32 Å². The molecule has 1 heterocycles. The predicted octanol–water partition coefficient (Wildman–Crippen LogP) is 0.881. The topological polar surface area (TPSA) is 49.3 Å². The van der Waals surface area contributed by atoms with Crippen molar-refractivity contribution in [2.45, 2.75) is 25.8 Å². The van der Waals surface area contributed by atoms with Gasteiger partial charge < -0.3 is 10.4 Å². The van der Waals surface area contributed by atoms with E-state index in [1.807, 2.05) is 6.92 Å². The first-order valence-electron chi connectivity index (χ1n) is 3.72. The molecule has 2 atom stereocenters. The lowest BCUT2D eigenvalue weighted by molar-refractivity contribution is -0.140. The highest BCUT2D eigenvalue weighted by atomic mass is 35.5. The van der Waals surface area contributed by atoms with E-state index in [-0.39, 0.29) is 18.4 Å². The lowest BCUT2D eigenvalue weighted by atomic mass is 9.98. The van der Waals surface area contributed by atoms with Crippen LogP contribution in [0.1, 0.15) is 19.8 Å². The van der Waals surface area contributed by atoms with Gasteiger partial charge in [-0.3, -0.25) is 4.79 Å². The molecule has 4 heteroatoms. The summed E-state index contributed by atoms with van der Waals surface area (Å²) >= 11 is 0. The van der Waals surface area contributed by atoms with Crippen molar-refractivity contribution in [3.8, 4) is 0 Å². The van der Waals surface area contributed by atoms with Crippen LogP contribution in [0.15, 0.2) is 0 Å². The fraction of sp³-hybridized carbons (Fsp3) is 0.857. The Morgan fingerprint density at radius 3 is 2.73 bits per heavy atom. The van der Waals surface area contributed by atoms with Gasteiger partial charge in [0.05, 0.1) is 0 Å². The second kappa shape index (κ2) is 4.57. The molecule has 0 aromatic rings. The lowest BCUT2D eigenvalue weighted by Gasteiger charge is -2.11. The van der Waals surface area contributed by atoms with Crippen LogP contribution in [0.4, 0.5) is 0 Å². The maximum absolute atomic E-state index is 10.5. The van der Waals surface area contributed by atoms with E-state index in [0.717, 1.165) is 19.4 Å². The van der Waals surface area contributed by atoms with Crippen LogP contribution in [-0.2, 0) is 4.79 Å². The third-order valence-corrected chi connectivity index (χ3v) is 2.14. The van der Waals surface area contributed by atoms with Crippen LogP contribution in [0.5, 0.6) is 0 Å². The molecule has 1 unspecified atom stereocenters. The van der Waals surface area contributed by atoms with Gasteiger partial charge in [-0.25, -0.2) is 0 Å². The van der Waals surface area contributed by atoms with Gasteiger partial charge in [0.1, 0.15) is 6.04 Å². The fourth-order valence-corrected chi connectivity index (χ4v) is 1.49. The van der Waals surface area contributed by atoms with Crippen LogP contribution in [0.25, 0.3) is 0 Å². The summed E-state index contributed by atoms with van der Waals surface area (Å²) in [4.78, 5) is 10.5. The standard InChI is InChI=1S/C7H13NO2.ClH/c1-2-5-3-4-8-6(5)7(9)10;/h5-6,8H,2-4H2,1H3,(H,9,10);1H/t5-,6?;/m0./s1. The summed E-state index contributed by atoms with van der Waals surface area (Å²) in [5, 5.41) is 11.6. The van der Waals surface area contributed by atoms with Gasteiger partial charge in [-0.15, -0.1) is 12.4 Å². The first-order chi connectivity index (χ1) is 4.75. The molecule has 11 heavy (non-hydrogen) atoms. The highest BCUT2D eigenvalue weighted by Crippen LogP contribution is 2.18. The van der Waals surface area contributed by atoms with Crippen molar-refractivity contribution >= 4 is 18.4 Å². The number of hydrogen-bond acceptors (Lipinski definition) is 2. The summed E-state index contributed by atoms with van der Waals surface area (Å²) in [6.45, 7) is 2.89. The number of carbonyl (C=O) groups is 1. The molecule has 66 valence electrons. The van der Waals surface area contributed by atoms with Gasteiger partial charge in [0, 0.05) is 0 Å². The van der Waals surface area contributed by atoms with Gasteiger partial charge in [0.15, 0.2) is 0 Å². The number of rotatable bonds is 2. The molecule has 2 N–H and O–H groups in total. The maximum Gasteiger partial charge on any atom is 0.320 e. The van der Waals surface area contributed by atoms with Gasteiger partial charge in [0.2, 0.25) is 0 Å². The molecule has 0 bridgehead atoms. The third kappa shape index (κ3) is 2.34. The van der Waals surface area contributed by atoms with E-state index in [0.29, 0.717) is 5.92 Å². The number of halogens is 1. The Balaban J connectivity index is 0.000001000. The number of carboxylic acid groups (broad SMARTS) is 1. The predicted molar refractivity (Wildman–Crippen MR) is 45.1 cm³/mol. The van der Waals surface area contributed by atoms with E-state index in [2.05, 4.69) is 5.32 Å². The molecule has 1 aliphatic heterocycles. The van der Waals surface area contributed by atoms with Crippen LogP contribution in [0, 0.1) is 5.92 Å². The number of nitrogens with one attached hydrogen (secondary N) is 1. The average molecular weight is 180 g/mol. The highest BCUT2D eigenvalue weighted by Gasteiger charge is 2.30. The molecule has 1 saturated heterocycles. The normalized spacial score (nSPS) is 29.5. The van der Waals surface area contributed by atoms with Crippen molar-refractivity contribution in [3.05, 3.63) is 0 Å². The smallest absolute Gasteiger partial charge is 0.320 e. The highest BCUT2D eigenvalue weighted by molar-refractivity contribution is 5.85. The van der Waals surface area contributed by atoms with Crippen molar-refractivity contribution in [3.63, 3.8) is 0 Å². The summed E-state index contributed by atoms with van der Waals surface area (Å²) in [7, 11) is 0. The maximum atomic E-state index is 10.5. The second-order valence-electron chi connectivity index (χ2n) is 2.73. The van der Waals surface area contributed by atoms with E-state index in [4.69, 9.17) is 5.11 Å². The van der Waals surface area contributed by atoms with E-state index in [9.17, 15) is 4.79 Å². The fourth-order valence-electron chi connectivity index (χ4n) is 1.49. The van der Waals surface area contributed by atoms with Crippen LogP contribution in [0.3, 0.4) is 0 Å². The Bertz CT molecular complexity index is 140. The first-order valence-corrected chi connectivity index (χ1v) is 3.72. The molecule has 1 rings (SSSR count). The summed E-state index contributed by atoms with van der Waals surface area (Å²) in [6.07, 6.45) is 1.97. The van der Waals surface area contributed by atoms with Crippen molar-refractivity contribution in [2.75, 3.05) is 6.54 Å². The molecular formula is C7H14ClNO2. The molecule has 0 amide bonds. The largest absolute Gasteiger partial charge is 0.480 e. The second-order valence-corrected chi connectivity index (χ2v) is 2.73. The monoisotopic (exact) mass is 179 g/mol. The van der Waals surface area contributed by atoms with E-state index in [1.165, 1.54) is 0 Å². The Morgan fingerprint density at radius 1 is 1.73 bits per heavy atom. The van der Waals surface area contributed by atoms with E-state index >= 15 is 0 Å². The molecular weight excluding hydrogens is 166 g/mol. The molecule has 1 fully saturated rings. The molecule has 0 radical (unpaired) electrons. The zero-order valence-corrected chi connectivity index (χ0v) is 7.36. The van der Waals surface area contributed by atoms with Crippen LogP contribution < -0.4 is 5.32 Å². The van der Waals surface area contributed by atoms with Gasteiger partial charge in [0.25, 0.3) is 0 Å². The SMILES string of the molecule is CC[C@H]1CCNC1C(=O)O.Cl.